The Morgan fingerprint density at radius 1 is 1.11 bits per heavy atom. The Hall–Kier alpha value is -3.49. The van der Waals surface area contributed by atoms with E-state index in [4.69, 9.17) is 21.1 Å². The van der Waals surface area contributed by atoms with Crippen LogP contribution in [0.5, 0.6) is 5.88 Å². The van der Waals surface area contributed by atoms with E-state index < -0.39 is 0 Å². The van der Waals surface area contributed by atoms with E-state index in [0.29, 0.717) is 38.2 Å². The lowest BCUT2D eigenvalue weighted by Crippen LogP contribution is -2.53. The molecule has 1 aromatic heterocycles. The van der Waals surface area contributed by atoms with Gasteiger partial charge in [-0.15, -0.1) is 0 Å². The van der Waals surface area contributed by atoms with E-state index in [1.165, 1.54) is 25.3 Å². The average Bonchev–Trinajstić information content (AvgIpc) is 3.34. The number of amides is 2. The number of nitrogens with zero attached hydrogens (tertiary/aromatic N) is 3. The van der Waals surface area contributed by atoms with Crippen molar-refractivity contribution in [1.82, 2.24) is 14.8 Å². The molecule has 2 atom stereocenters. The first kappa shape index (κ1) is 25.2. The van der Waals surface area contributed by atoms with Crippen molar-refractivity contribution >= 4 is 23.4 Å². The van der Waals surface area contributed by atoms with E-state index in [2.05, 4.69) is 4.98 Å². The molecule has 7 nitrogen and oxygen atoms in total. The summed E-state index contributed by atoms with van der Waals surface area (Å²) < 4.78 is 24.4. The third-order valence-corrected chi connectivity index (χ3v) is 7.10. The molecule has 2 aliphatic heterocycles. The van der Waals surface area contributed by atoms with Crippen LogP contribution >= 0.6 is 11.6 Å². The molecule has 0 radical (unpaired) electrons. The maximum atomic E-state index is 13.5. The molecular formula is C28H27ClFN3O4. The minimum Gasteiger partial charge on any atom is -0.481 e. The fourth-order valence-corrected chi connectivity index (χ4v) is 5.24. The highest BCUT2D eigenvalue weighted by molar-refractivity contribution is 6.29. The fraction of sp³-hybridized carbons (Fsp3) is 0.321. The van der Waals surface area contributed by atoms with Gasteiger partial charge in [0.2, 0.25) is 11.8 Å². The zero-order valence-electron chi connectivity index (χ0n) is 20.4. The van der Waals surface area contributed by atoms with E-state index in [9.17, 15) is 14.0 Å². The summed E-state index contributed by atoms with van der Waals surface area (Å²) in [7, 11) is 1.46. The Bertz CT molecular complexity index is 1300. The molecular weight excluding hydrogens is 497 g/mol. The smallest absolute Gasteiger partial charge is 0.254 e. The second-order valence-corrected chi connectivity index (χ2v) is 9.63. The quantitative estimate of drug-likeness (QED) is 0.460. The molecule has 0 unspecified atom stereocenters. The molecule has 0 N–H and O–H groups in total. The number of likely N-dealkylation sites (tertiary alicyclic amines) is 1. The van der Waals surface area contributed by atoms with Gasteiger partial charge in [-0.05, 0) is 41.3 Å². The van der Waals surface area contributed by atoms with Crippen molar-refractivity contribution in [2.24, 2.45) is 0 Å². The molecule has 9 heteroatoms. The number of pyridine rings is 1. The number of aromatic nitrogens is 1. The summed E-state index contributed by atoms with van der Waals surface area (Å²) in [6.07, 6.45) is 0.598. The minimum absolute atomic E-state index is 0.00669. The summed E-state index contributed by atoms with van der Waals surface area (Å²) in [6.45, 7) is 1.64. The van der Waals surface area contributed by atoms with Crippen molar-refractivity contribution in [3.8, 4) is 5.88 Å². The minimum atomic E-state index is -0.274. The Balaban J connectivity index is 1.29. The zero-order valence-corrected chi connectivity index (χ0v) is 21.2. The van der Waals surface area contributed by atoms with Crippen LogP contribution in [0.25, 0.3) is 0 Å². The Kier molecular flexibility index (Phi) is 7.39. The Morgan fingerprint density at radius 3 is 2.62 bits per heavy atom. The summed E-state index contributed by atoms with van der Waals surface area (Å²) in [5.74, 6) is -0.227. The third-order valence-electron chi connectivity index (χ3n) is 6.90. The number of carbonyl (C=O) groups excluding carboxylic acids is 2. The average molecular weight is 524 g/mol. The molecule has 5 rings (SSSR count). The van der Waals surface area contributed by atoms with Gasteiger partial charge in [0, 0.05) is 31.3 Å². The fourth-order valence-electron chi connectivity index (χ4n) is 5.04. The molecule has 2 aliphatic rings. The predicted molar refractivity (Wildman–Crippen MR) is 136 cm³/mol. The van der Waals surface area contributed by atoms with Crippen molar-refractivity contribution in [3.63, 3.8) is 0 Å². The standard InChI is InChI=1S/C28H27ClFN3O4/c1-36-26-14-21(13-25(29)31-26)28(35)32-16-23-24(17-32)37-11-10-33(23)27(34)15-20-5-3-2-4-19(20)12-18-6-8-22(30)9-7-18/h2-9,13-14,23-24H,10-12,15-17H2,1H3/t23-,24+/m0/s1. The molecule has 0 aliphatic carbocycles. The Labute approximate surface area is 219 Å². The second-order valence-electron chi connectivity index (χ2n) is 9.24. The lowest BCUT2D eigenvalue weighted by atomic mass is 9.97. The van der Waals surface area contributed by atoms with Crippen molar-refractivity contribution < 1.29 is 23.5 Å². The number of rotatable bonds is 6. The Morgan fingerprint density at radius 2 is 1.86 bits per heavy atom. The van der Waals surface area contributed by atoms with Crippen LogP contribution in [0.4, 0.5) is 4.39 Å². The van der Waals surface area contributed by atoms with E-state index in [1.54, 1.807) is 23.1 Å². The van der Waals surface area contributed by atoms with Crippen LogP contribution in [-0.4, -0.2) is 72.1 Å². The van der Waals surface area contributed by atoms with Crippen molar-refractivity contribution in [2.75, 3.05) is 33.4 Å². The summed E-state index contributed by atoms with van der Waals surface area (Å²) in [4.78, 5) is 34.3. The number of hydrogen-bond acceptors (Lipinski definition) is 5. The van der Waals surface area contributed by atoms with Crippen molar-refractivity contribution in [1.29, 1.82) is 0 Å². The number of methoxy groups -OCH3 is 1. The highest BCUT2D eigenvalue weighted by Crippen LogP contribution is 2.27. The summed E-state index contributed by atoms with van der Waals surface area (Å²) in [5, 5.41) is 0.173. The maximum Gasteiger partial charge on any atom is 0.254 e. The topological polar surface area (TPSA) is 72.0 Å². The number of halogens is 2. The second kappa shape index (κ2) is 10.9. The van der Waals surface area contributed by atoms with Gasteiger partial charge in [0.15, 0.2) is 0 Å². The molecule has 192 valence electrons. The number of ether oxygens (including phenoxy) is 2. The van der Waals surface area contributed by atoms with Gasteiger partial charge in [0.1, 0.15) is 11.0 Å². The number of fused-ring (bicyclic) bond motifs is 1. The molecule has 0 spiro atoms. The van der Waals surface area contributed by atoms with Crippen LogP contribution in [0, 0.1) is 5.82 Å². The van der Waals surface area contributed by atoms with Crippen molar-refractivity contribution in [2.45, 2.75) is 25.0 Å². The van der Waals surface area contributed by atoms with Gasteiger partial charge in [0.25, 0.3) is 5.91 Å². The van der Waals surface area contributed by atoms with Gasteiger partial charge in [-0.25, -0.2) is 9.37 Å². The molecule has 37 heavy (non-hydrogen) atoms. The van der Waals surface area contributed by atoms with Gasteiger partial charge < -0.3 is 19.3 Å². The van der Waals surface area contributed by atoms with E-state index in [0.717, 1.165) is 16.7 Å². The first-order valence-electron chi connectivity index (χ1n) is 12.1. The SMILES string of the molecule is COc1cc(C(=O)N2C[C@H]3OCCN(C(=O)Cc4ccccc4Cc4ccc(F)cc4)[C@H]3C2)cc(Cl)n1. The first-order valence-corrected chi connectivity index (χ1v) is 12.5. The number of hydrogen-bond donors (Lipinski definition) is 0. The summed E-state index contributed by atoms with van der Waals surface area (Å²) in [5.41, 5.74) is 3.32. The van der Waals surface area contributed by atoms with Gasteiger partial charge in [-0.3, -0.25) is 9.59 Å². The number of carbonyl (C=O) groups is 2. The molecule has 3 aromatic rings. The predicted octanol–water partition coefficient (Wildman–Crippen LogP) is 3.77. The van der Waals surface area contributed by atoms with Crippen LogP contribution in [-0.2, 0) is 22.4 Å². The van der Waals surface area contributed by atoms with Crippen LogP contribution in [0.3, 0.4) is 0 Å². The zero-order chi connectivity index (χ0) is 25.9. The lowest BCUT2D eigenvalue weighted by Gasteiger charge is -2.37. The molecule has 2 aromatic carbocycles. The highest BCUT2D eigenvalue weighted by Gasteiger charge is 2.43. The van der Waals surface area contributed by atoms with Gasteiger partial charge in [0.05, 0.1) is 32.3 Å². The molecule has 2 saturated heterocycles. The van der Waals surface area contributed by atoms with Crippen LogP contribution in [0.1, 0.15) is 27.0 Å². The number of benzene rings is 2. The van der Waals surface area contributed by atoms with Gasteiger partial charge in [-0.2, -0.15) is 0 Å². The molecule has 0 saturated carbocycles. The van der Waals surface area contributed by atoms with E-state index in [1.807, 2.05) is 29.2 Å². The molecule has 2 amide bonds. The largest absolute Gasteiger partial charge is 0.481 e. The first-order chi connectivity index (χ1) is 17.9. The monoisotopic (exact) mass is 523 g/mol. The van der Waals surface area contributed by atoms with Gasteiger partial charge in [-0.1, -0.05) is 48.0 Å². The molecule has 3 heterocycles. The lowest BCUT2D eigenvalue weighted by molar-refractivity contribution is -0.142. The summed E-state index contributed by atoms with van der Waals surface area (Å²) in [6, 6.07) is 17.1. The molecule has 2 fully saturated rings. The molecule has 0 bridgehead atoms. The van der Waals surface area contributed by atoms with Crippen LogP contribution in [0.15, 0.2) is 60.7 Å². The van der Waals surface area contributed by atoms with Gasteiger partial charge >= 0.3 is 0 Å². The van der Waals surface area contributed by atoms with Crippen molar-refractivity contribution in [3.05, 3.63) is 93.9 Å². The maximum absolute atomic E-state index is 13.5. The van der Waals surface area contributed by atoms with E-state index in [-0.39, 0.29) is 47.2 Å². The van der Waals surface area contributed by atoms with Crippen LogP contribution < -0.4 is 4.74 Å². The number of morpholine rings is 1. The summed E-state index contributed by atoms with van der Waals surface area (Å²) >= 11 is 6.06. The van der Waals surface area contributed by atoms with Crippen LogP contribution in [0.2, 0.25) is 5.15 Å². The van der Waals surface area contributed by atoms with E-state index >= 15 is 0 Å². The highest BCUT2D eigenvalue weighted by atomic mass is 35.5. The normalized spacial score (nSPS) is 19.0. The third kappa shape index (κ3) is 5.60.